The predicted octanol–water partition coefficient (Wildman–Crippen LogP) is 3.99. The van der Waals surface area contributed by atoms with Gasteiger partial charge in [0.25, 0.3) is 0 Å². The molecule has 0 amide bonds. The van der Waals surface area contributed by atoms with Gasteiger partial charge in [-0.3, -0.25) is 0 Å². The van der Waals surface area contributed by atoms with Gasteiger partial charge in [0.1, 0.15) is 0 Å². The van der Waals surface area contributed by atoms with Crippen LogP contribution in [0.5, 0.6) is 0 Å². The predicted molar refractivity (Wildman–Crippen MR) is 74.5 cm³/mol. The molecule has 1 aliphatic rings. The minimum Gasteiger partial charge on any atom is -0.475 e. The number of carboxylic acid groups (broad SMARTS) is 1. The molecule has 0 unspecified atom stereocenters. The van der Waals surface area contributed by atoms with Crippen LogP contribution in [0, 0.1) is 10.8 Å². The van der Waals surface area contributed by atoms with E-state index in [1.807, 2.05) is 0 Å². The topological polar surface area (TPSA) is 62.5 Å². The molecule has 2 N–H and O–H groups in total. The molecule has 19 heavy (non-hydrogen) atoms. The molecule has 1 aliphatic carbocycles. The van der Waals surface area contributed by atoms with Crippen molar-refractivity contribution in [1.82, 2.24) is 0 Å². The highest BCUT2D eigenvalue weighted by atomic mass is 16.4. The van der Waals surface area contributed by atoms with E-state index in [2.05, 4.69) is 33.0 Å². The third-order valence-corrected chi connectivity index (χ3v) is 3.72. The summed E-state index contributed by atoms with van der Waals surface area (Å²) in [5.41, 5.74) is 0.587. The number of hydrogen-bond donors (Lipinski definition) is 2. The zero-order chi connectivity index (χ0) is 14.3. The molecule has 0 radical (unpaired) electrons. The monoisotopic (exact) mass is 265 g/mol. The number of furan rings is 1. The largest absolute Gasteiger partial charge is 0.475 e. The summed E-state index contributed by atoms with van der Waals surface area (Å²) in [6.07, 6.45) is 3.34. The maximum atomic E-state index is 10.8. The number of rotatable bonds is 3. The Morgan fingerprint density at radius 3 is 2.32 bits per heavy atom. The van der Waals surface area contributed by atoms with Crippen LogP contribution in [-0.2, 0) is 0 Å². The Balaban J connectivity index is 2.07. The quantitative estimate of drug-likeness (QED) is 0.867. The van der Waals surface area contributed by atoms with Gasteiger partial charge in [-0.05, 0) is 36.2 Å². The SMILES string of the molecule is CC1(C)CC(Nc2ccc(C(=O)O)o2)CC(C)(C)C1. The first kappa shape index (κ1) is 14.0. The van der Waals surface area contributed by atoms with Gasteiger partial charge >= 0.3 is 5.97 Å². The number of aromatic carboxylic acids is 1. The molecule has 1 heterocycles. The van der Waals surface area contributed by atoms with Crippen LogP contribution in [0.15, 0.2) is 16.5 Å². The van der Waals surface area contributed by atoms with Crippen molar-refractivity contribution < 1.29 is 14.3 Å². The first-order valence-electron chi connectivity index (χ1n) is 6.77. The Hall–Kier alpha value is -1.45. The van der Waals surface area contributed by atoms with Crippen molar-refractivity contribution in [2.24, 2.45) is 10.8 Å². The lowest BCUT2D eigenvalue weighted by atomic mass is 9.63. The fourth-order valence-corrected chi connectivity index (χ4v) is 3.68. The van der Waals surface area contributed by atoms with E-state index in [-0.39, 0.29) is 5.76 Å². The molecule has 4 nitrogen and oxygen atoms in total. The Morgan fingerprint density at radius 1 is 1.26 bits per heavy atom. The fourth-order valence-electron chi connectivity index (χ4n) is 3.68. The highest BCUT2D eigenvalue weighted by molar-refractivity contribution is 5.84. The number of nitrogens with one attached hydrogen (secondary N) is 1. The molecule has 4 heteroatoms. The van der Waals surface area contributed by atoms with Crippen molar-refractivity contribution in [2.45, 2.75) is 53.0 Å². The second kappa shape index (κ2) is 4.58. The number of hydrogen-bond acceptors (Lipinski definition) is 3. The highest BCUT2D eigenvalue weighted by Gasteiger charge is 2.38. The summed E-state index contributed by atoms with van der Waals surface area (Å²) in [5.74, 6) is -0.495. The Bertz CT molecular complexity index is 457. The van der Waals surface area contributed by atoms with Crippen LogP contribution >= 0.6 is 0 Å². The van der Waals surface area contributed by atoms with Crippen LogP contribution in [0.1, 0.15) is 57.5 Å². The number of anilines is 1. The molecule has 0 saturated heterocycles. The summed E-state index contributed by atoms with van der Waals surface area (Å²) in [6, 6.07) is 3.51. The van der Waals surface area contributed by atoms with Crippen LogP contribution in [-0.4, -0.2) is 17.1 Å². The van der Waals surface area contributed by atoms with Crippen molar-refractivity contribution in [2.75, 3.05) is 5.32 Å². The van der Waals surface area contributed by atoms with Crippen molar-refractivity contribution >= 4 is 11.9 Å². The average Bonchev–Trinajstić information content (AvgIpc) is 2.60. The zero-order valence-corrected chi connectivity index (χ0v) is 12.1. The third kappa shape index (κ3) is 3.52. The van der Waals surface area contributed by atoms with Gasteiger partial charge in [-0.2, -0.15) is 0 Å². The molecular formula is C15H23NO3. The fraction of sp³-hybridized carbons (Fsp3) is 0.667. The molecule has 1 aromatic heterocycles. The van der Waals surface area contributed by atoms with Crippen LogP contribution in [0.25, 0.3) is 0 Å². The maximum Gasteiger partial charge on any atom is 0.371 e. The summed E-state index contributed by atoms with van der Waals surface area (Å²) < 4.78 is 5.27. The summed E-state index contributed by atoms with van der Waals surface area (Å²) in [7, 11) is 0. The van der Waals surface area contributed by atoms with E-state index in [1.54, 1.807) is 6.07 Å². The summed E-state index contributed by atoms with van der Waals surface area (Å²) in [6.45, 7) is 9.14. The van der Waals surface area contributed by atoms with Gasteiger partial charge in [-0.1, -0.05) is 27.7 Å². The van der Waals surface area contributed by atoms with Crippen molar-refractivity contribution in [3.8, 4) is 0 Å². The van der Waals surface area contributed by atoms with Gasteiger partial charge in [0.15, 0.2) is 5.88 Å². The van der Waals surface area contributed by atoms with Crippen molar-refractivity contribution in [3.63, 3.8) is 0 Å². The Kier molecular flexibility index (Phi) is 3.37. The highest BCUT2D eigenvalue weighted by Crippen LogP contribution is 2.46. The molecule has 0 aromatic carbocycles. The Morgan fingerprint density at radius 2 is 1.84 bits per heavy atom. The molecule has 1 fully saturated rings. The lowest BCUT2D eigenvalue weighted by Crippen LogP contribution is -2.40. The zero-order valence-electron chi connectivity index (χ0n) is 12.1. The van der Waals surface area contributed by atoms with Gasteiger partial charge in [0.05, 0.1) is 0 Å². The van der Waals surface area contributed by atoms with Gasteiger partial charge < -0.3 is 14.8 Å². The van der Waals surface area contributed by atoms with E-state index < -0.39 is 5.97 Å². The molecule has 0 aliphatic heterocycles. The molecule has 1 aromatic rings. The number of carboxylic acids is 1. The second-order valence-electron chi connectivity index (χ2n) is 7.22. The minimum absolute atomic E-state index is 0.0168. The molecule has 0 spiro atoms. The number of carbonyl (C=O) groups is 1. The van der Waals surface area contributed by atoms with E-state index in [0.717, 1.165) is 12.8 Å². The summed E-state index contributed by atoms with van der Waals surface area (Å²) in [5, 5.41) is 12.2. The lowest BCUT2D eigenvalue weighted by molar-refractivity contribution is 0.0662. The normalized spacial score (nSPS) is 22.1. The van der Waals surface area contributed by atoms with Gasteiger partial charge in [-0.15, -0.1) is 0 Å². The van der Waals surface area contributed by atoms with Crippen LogP contribution in [0.4, 0.5) is 5.88 Å². The maximum absolute atomic E-state index is 10.8. The summed E-state index contributed by atoms with van der Waals surface area (Å²) >= 11 is 0. The standard InChI is InChI=1S/C15H23NO3/c1-14(2)7-10(8-15(3,4)9-14)16-12-6-5-11(19-12)13(17)18/h5-6,10,16H,7-9H2,1-4H3,(H,17,18). The van der Waals surface area contributed by atoms with Gasteiger partial charge in [-0.25, -0.2) is 4.79 Å². The first-order valence-corrected chi connectivity index (χ1v) is 6.77. The molecule has 0 atom stereocenters. The van der Waals surface area contributed by atoms with Gasteiger partial charge in [0, 0.05) is 12.1 Å². The smallest absolute Gasteiger partial charge is 0.371 e. The van der Waals surface area contributed by atoms with Crippen molar-refractivity contribution in [1.29, 1.82) is 0 Å². The molecule has 1 saturated carbocycles. The molecule has 0 bridgehead atoms. The van der Waals surface area contributed by atoms with E-state index >= 15 is 0 Å². The molecule has 2 rings (SSSR count). The third-order valence-electron chi connectivity index (χ3n) is 3.72. The first-order chi connectivity index (χ1) is 8.67. The van der Waals surface area contributed by atoms with Crippen LogP contribution in [0.2, 0.25) is 0 Å². The van der Waals surface area contributed by atoms with Crippen LogP contribution < -0.4 is 5.32 Å². The average molecular weight is 265 g/mol. The van der Waals surface area contributed by atoms with E-state index in [9.17, 15) is 4.79 Å². The lowest BCUT2D eigenvalue weighted by Gasteiger charge is -2.45. The minimum atomic E-state index is -1.03. The van der Waals surface area contributed by atoms with Crippen LogP contribution in [0.3, 0.4) is 0 Å². The van der Waals surface area contributed by atoms with E-state index in [0.29, 0.717) is 22.8 Å². The summed E-state index contributed by atoms with van der Waals surface area (Å²) in [4.78, 5) is 10.8. The Labute approximate surface area is 114 Å². The van der Waals surface area contributed by atoms with Crippen molar-refractivity contribution in [3.05, 3.63) is 17.9 Å². The van der Waals surface area contributed by atoms with E-state index in [1.165, 1.54) is 12.5 Å². The molecule has 106 valence electrons. The van der Waals surface area contributed by atoms with E-state index in [4.69, 9.17) is 9.52 Å². The second-order valence-corrected chi connectivity index (χ2v) is 7.22. The molecular weight excluding hydrogens is 242 g/mol. The van der Waals surface area contributed by atoms with Gasteiger partial charge in [0.2, 0.25) is 5.76 Å².